The maximum atomic E-state index is 12.8. The molecule has 2 N–H and O–H groups in total. The van der Waals surface area contributed by atoms with E-state index in [0.29, 0.717) is 11.8 Å². The van der Waals surface area contributed by atoms with E-state index in [1.807, 2.05) is 24.3 Å². The van der Waals surface area contributed by atoms with Crippen LogP contribution in [0.15, 0.2) is 48.5 Å². The van der Waals surface area contributed by atoms with Crippen LogP contribution in [0.5, 0.6) is 0 Å². The van der Waals surface area contributed by atoms with Crippen LogP contribution in [-0.4, -0.2) is 73.5 Å². The summed E-state index contributed by atoms with van der Waals surface area (Å²) in [5, 5.41) is 18.8. The summed E-state index contributed by atoms with van der Waals surface area (Å²) in [4.78, 5) is 4.47. The van der Waals surface area contributed by atoms with Gasteiger partial charge in [-0.1, -0.05) is 24.3 Å². The smallest absolute Gasteiger partial charge is 0.123 e. The van der Waals surface area contributed by atoms with Crippen molar-refractivity contribution in [1.82, 2.24) is 9.80 Å². The van der Waals surface area contributed by atoms with E-state index in [4.69, 9.17) is 0 Å². The molecule has 2 aromatic carbocycles. The fourth-order valence-electron chi connectivity index (χ4n) is 5.10. The molecule has 4 atom stereocenters. The van der Waals surface area contributed by atoms with Crippen LogP contribution >= 0.6 is 0 Å². The van der Waals surface area contributed by atoms with E-state index in [0.717, 1.165) is 50.1 Å². The molecule has 4 nitrogen and oxygen atoms in total. The number of hydrogen-bond donors (Lipinski definition) is 2. The molecule has 32 heavy (non-hydrogen) atoms. The number of aliphatic hydroxyl groups is 2. The van der Waals surface area contributed by atoms with Crippen molar-refractivity contribution in [3.63, 3.8) is 0 Å². The lowest BCUT2D eigenvalue weighted by atomic mass is 9.81. The largest absolute Gasteiger partial charge is 0.396 e. The molecule has 4 rings (SSSR count). The van der Waals surface area contributed by atoms with Gasteiger partial charge in [-0.05, 0) is 87.3 Å². The molecule has 0 spiro atoms. The van der Waals surface area contributed by atoms with E-state index in [1.54, 1.807) is 0 Å². The molecule has 0 aliphatic carbocycles. The molecule has 2 saturated heterocycles. The summed E-state index contributed by atoms with van der Waals surface area (Å²) < 4.78 is 25.7. The highest BCUT2D eigenvalue weighted by atomic mass is 19.1. The number of rotatable bonds is 4. The average molecular weight is 447 g/mol. The predicted molar refractivity (Wildman–Crippen MR) is 124 cm³/mol. The van der Waals surface area contributed by atoms with Crippen LogP contribution in [0.25, 0.3) is 0 Å². The highest BCUT2D eigenvalue weighted by molar-refractivity contribution is 5.23. The Bertz CT molecular complexity index is 746. The van der Waals surface area contributed by atoms with Gasteiger partial charge >= 0.3 is 0 Å². The first-order valence-corrected chi connectivity index (χ1v) is 11.5. The van der Waals surface area contributed by atoms with Crippen molar-refractivity contribution >= 4 is 0 Å². The van der Waals surface area contributed by atoms with Gasteiger partial charge in [0.15, 0.2) is 0 Å². The van der Waals surface area contributed by atoms with Crippen LogP contribution in [-0.2, 0) is 0 Å². The van der Waals surface area contributed by atoms with Crippen molar-refractivity contribution < 1.29 is 19.0 Å². The van der Waals surface area contributed by atoms with Crippen molar-refractivity contribution in [2.24, 2.45) is 11.8 Å². The Morgan fingerprint density at radius 1 is 0.688 bits per heavy atom. The minimum atomic E-state index is -0.197. The molecule has 0 saturated carbocycles. The van der Waals surface area contributed by atoms with E-state index < -0.39 is 0 Å². The Hall–Kier alpha value is -1.86. The van der Waals surface area contributed by atoms with E-state index in [9.17, 15) is 19.0 Å². The molecule has 2 aromatic rings. The van der Waals surface area contributed by atoms with Crippen molar-refractivity contribution in [2.75, 3.05) is 53.5 Å². The van der Waals surface area contributed by atoms with Crippen molar-refractivity contribution in [3.8, 4) is 0 Å². The highest BCUT2D eigenvalue weighted by Crippen LogP contribution is 2.33. The lowest BCUT2D eigenvalue weighted by Crippen LogP contribution is -2.38. The zero-order valence-electron chi connectivity index (χ0n) is 19.1. The number of halogens is 2. The summed E-state index contributed by atoms with van der Waals surface area (Å²) >= 11 is 0. The Morgan fingerprint density at radius 2 is 1.03 bits per heavy atom. The number of piperidine rings is 2. The molecule has 6 heteroatoms. The molecule has 0 amide bonds. The van der Waals surface area contributed by atoms with Crippen LogP contribution in [0.3, 0.4) is 0 Å². The standard InChI is InChI=1S/2C13H18FNO/c2*1-15-7-6-13(11(8-15)9-16)10-2-4-12(14)5-3-10/h2*2-5,11,13,16H,6-9H2,1H3/t2*11-,13+/m10/s1. The van der Waals surface area contributed by atoms with Crippen LogP contribution in [0.4, 0.5) is 8.78 Å². The van der Waals surface area contributed by atoms with E-state index in [2.05, 4.69) is 23.9 Å². The van der Waals surface area contributed by atoms with Gasteiger partial charge in [-0.25, -0.2) is 8.78 Å². The SMILES string of the molecule is CN1CC[C@@H](c2ccc(F)cc2)[C@@H](CO)C1.CN1CC[C@H](c2ccc(F)cc2)[C@H](CO)C1. The fraction of sp³-hybridized carbons (Fsp3) is 0.538. The Morgan fingerprint density at radius 3 is 1.34 bits per heavy atom. The van der Waals surface area contributed by atoms with E-state index >= 15 is 0 Å². The average Bonchev–Trinajstić information content (AvgIpc) is 2.80. The molecule has 2 aliphatic heterocycles. The normalized spacial score (nSPS) is 26.9. The van der Waals surface area contributed by atoms with Gasteiger partial charge in [0.05, 0.1) is 0 Å². The van der Waals surface area contributed by atoms with Crippen molar-refractivity contribution in [2.45, 2.75) is 24.7 Å². The Balaban J connectivity index is 0.000000181. The Labute approximate surface area is 190 Å². The maximum absolute atomic E-state index is 12.8. The van der Waals surface area contributed by atoms with E-state index in [-0.39, 0.29) is 36.7 Å². The number of likely N-dealkylation sites (tertiary alicyclic amines) is 2. The maximum Gasteiger partial charge on any atom is 0.123 e. The number of aliphatic hydroxyl groups excluding tert-OH is 2. The predicted octanol–water partition coefficient (Wildman–Crippen LogP) is 3.71. The van der Waals surface area contributed by atoms with Crippen LogP contribution in [0, 0.1) is 23.5 Å². The summed E-state index contributed by atoms with van der Waals surface area (Å²) in [6, 6.07) is 13.4. The quantitative estimate of drug-likeness (QED) is 0.752. The highest BCUT2D eigenvalue weighted by Gasteiger charge is 2.29. The molecular formula is C26H36F2N2O2. The first-order valence-electron chi connectivity index (χ1n) is 11.5. The van der Waals surface area contributed by atoms with Gasteiger partial charge in [0.1, 0.15) is 11.6 Å². The lowest BCUT2D eigenvalue weighted by molar-refractivity contribution is 0.118. The number of benzene rings is 2. The van der Waals surface area contributed by atoms with Gasteiger partial charge in [-0.15, -0.1) is 0 Å². The third-order valence-corrected chi connectivity index (χ3v) is 6.94. The first-order chi connectivity index (χ1) is 15.4. The zero-order chi connectivity index (χ0) is 23.1. The fourth-order valence-corrected chi connectivity index (χ4v) is 5.10. The summed E-state index contributed by atoms with van der Waals surface area (Å²) in [5.41, 5.74) is 2.29. The molecule has 2 fully saturated rings. The zero-order valence-corrected chi connectivity index (χ0v) is 19.1. The minimum Gasteiger partial charge on any atom is -0.396 e. The summed E-state index contributed by atoms with van der Waals surface area (Å²) in [7, 11) is 4.15. The third-order valence-electron chi connectivity index (χ3n) is 6.94. The summed E-state index contributed by atoms with van der Waals surface area (Å²) in [5.74, 6) is 0.867. The number of nitrogens with zero attached hydrogens (tertiary/aromatic N) is 2. The second-order valence-electron chi connectivity index (χ2n) is 9.30. The molecule has 0 unspecified atom stereocenters. The van der Waals surface area contributed by atoms with Gasteiger partial charge in [0, 0.05) is 38.1 Å². The lowest BCUT2D eigenvalue weighted by Gasteiger charge is -2.36. The molecule has 2 aliphatic rings. The molecule has 0 bridgehead atoms. The summed E-state index contributed by atoms with van der Waals surface area (Å²) in [6.45, 7) is 4.31. The van der Waals surface area contributed by atoms with Gasteiger partial charge < -0.3 is 20.0 Å². The number of hydrogen-bond acceptors (Lipinski definition) is 4. The van der Waals surface area contributed by atoms with Gasteiger partial charge in [0.25, 0.3) is 0 Å². The third kappa shape index (κ3) is 6.58. The van der Waals surface area contributed by atoms with Crippen LogP contribution in [0.2, 0.25) is 0 Å². The van der Waals surface area contributed by atoms with Gasteiger partial charge in [-0.2, -0.15) is 0 Å². The molecule has 0 aromatic heterocycles. The molecule has 0 radical (unpaired) electrons. The second-order valence-corrected chi connectivity index (χ2v) is 9.30. The summed E-state index contributed by atoms with van der Waals surface area (Å²) in [6.07, 6.45) is 2.07. The van der Waals surface area contributed by atoms with Crippen LogP contribution in [0.1, 0.15) is 35.8 Å². The monoisotopic (exact) mass is 446 g/mol. The topological polar surface area (TPSA) is 46.9 Å². The van der Waals surface area contributed by atoms with Crippen LogP contribution < -0.4 is 0 Å². The van der Waals surface area contributed by atoms with Gasteiger partial charge in [-0.3, -0.25) is 0 Å². The van der Waals surface area contributed by atoms with Gasteiger partial charge in [0.2, 0.25) is 0 Å². The minimum absolute atomic E-state index is 0.197. The molecule has 2 heterocycles. The Kier molecular flexibility index (Phi) is 9.17. The second kappa shape index (κ2) is 11.8. The van der Waals surface area contributed by atoms with Crippen molar-refractivity contribution in [3.05, 3.63) is 71.3 Å². The molecule has 176 valence electrons. The van der Waals surface area contributed by atoms with Crippen molar-refractivity contribution in [1.29, 1.82) is 0 Å². The van der Waals surface area contributed by atoms with E-state index in [1.165, 1.54) is 24.3 Å². The first kappa shape index (κ1) is 24.8. The molecular weight excluding hydrogens is 410 g/mol.